The van der Waals surface area contributed by atoms with Crippen molar-refractivity contribution in [2.45, 2.75) is 13.0 Å². The largest absolute Gasteiger partial charge is 0.394 e. The van der Waals surface area contributed by atoms with Crippen molar-refractivity contribution in [2.24, 2.45) is 0 Å². The third-order valence-electron chi connectivity index (χ3n) is 0.264. The monoisotopic (exact) mass is 134 g/mol. The van der Waals surface area contributed by atoms with Crippen molar-refractivity contribution in [3.8, 4) is 0 Å². The first-order chi connectivity index (χ1) is 2.27. The molecule has 0 fully saturated rings. The molecule has 0 spiro atoms. The molecule has 42 valence electrons. The van der Waals surface area contributed by atoms with Gasteiger partial charge >= 0.3 is 0 Å². The van der Waals surface area contributed by atoms with Crippen LogP contribution < -0.4 is 0 Å². The molecular formula is C3H8NiO2. The molecule has 0 aliphatic rings. The van der Waals surface area contributed by atoms with Gasteiger partial charge < -0.3 is 10.2 Å². The Bertz CT molecular complexity index is 22.8. The predicted molar refractivity (Wildman–Crippen MR) is 18.8 cm³/mol. The molecule has 0 saturated heterocycles. The van der Waals surface area contributed by atoms with Crippen molar-refractivity contribution in [2.75, 3.05) is 6.61 Å². The molecule has 0 rings (SSSR count). The fourth-order valence-corrected chi connectivity index (χ4v) is 0. The Balaban J connectivity index is 0. The van der Waals surface area contributed by atoms with Gasteiger partial charge in [0.2, 0.25) is 0 Å². The number of hydrogen-bond acceptors (Lipinski definition) is 2. The molecule has 0 radical (unpaired) electrons. The Labute approximate surface area is 47.1 Å². The Kier molecular flexibility index (Phi) is 8.71. The molecule has 0 saturated carbocycles. The van der Waals surface area contributed by atoms with E-state index >= 15 is 0 Å². The van der Waals surface area contributed by atoms with Crippen molar-refractivity contribution < 1.29 is 26.7 Å². The summed E-state index contributed by atoms with van der Waals surface area (Å²) >= 11 is 0. The molecule has 2 nitrogen and oxygen atoms in total. The topological polar surface area (TPSA) is 40.5 Å². The molecule has 1 unspecified atom stereocenters. The minimum Gasteiger partial charge on any atom is -0.394 e. The molecule has 0 aromatic rings. The molecule has 3 heteroatoms. The summed E-state index contributed by atoms with van der Waals surface area (Å²) in [5.41, 5.74) is 0. The van der Waals surface area contributed by atoms with Crippen LogP contribution in [0.15, 0.2) is 0 Å². The van der Waals surface area contributed by atoms with Crippen molar-refractivity contribution in [3.63, 3.8) is 0 Å². The van der Waals surface area contributed by atoms with E-state index in [4.69, 9.17) is 10.2 Å². The Morgan fingerprint density at radius 2 is 1.83 bits per heavy atom. The van der Waals surface area contributed by atoms with Gasteiger partial charge in [0.15, 0.2) is 0 Å². The number of aliphatic hydroxyl groups excluding tert-OH is 2. The van der Waals surface area contributed by atoms with Crippen molar-refractivity contribution >= 4 is 0 Å². The van der Waals surface area contributed by atoms with E-state index in [1.165, 1.54) is 6.92 Å². The van der Waals surface area contributed by atoms with Gasteiger partial charge in [-0.25, -0.2) is 0 Å². The van der Waals surface area contributed by atoms with Crippen LogP contribution in [-0.2, 0) is 16.5 Å². The van der Waals surface area contributed by atoms with Crippen LogP contribution in [0, 0.1) is 0 Å². The Hall–Kier alpha value is 0.414. The molecular weight excluding hydrogens is 127 g/mol. The molecule has 0 bridgehead atoms. The minimum absolute atomic E-state index is 0. The van der Waals surface area contributed by atoms with Crippen LogP contribution in [0.2, 0.25) is 0 Å². The van der Waals surface area contributed by atoms with Gasteiger partial charge in [-0.2, -0.15) is 0 Å². The minimum atomic E-state index is -0.560. The van der Waals surface area contributed by atoms with E-state index in [9.17, 15) is 0 Å². The SMILES string of the molecule is CC(O)CO.[Ni]. The van der Waals surface area contributed by atoms with Gasteiger partial charge in [0.05, 0.1) is 12.7 Å². The second kappa shape index (κ2) is 5.41. The standard InChI is InChI=1S/C3H8O2.Ni/c1-3(5)2-4;/h3-5H,2H2,1H3;. The first kappa shape index (κ1) is 9.65. The summed E-state index contributed by atoms with van der Waals surface area (Å²) in [6, 6.07) is 0. The Morgan fingerprint density at radius 1 is 1.67 bits per heavy atom. The van der Waals surface area contributed by atoms with Crippen LogP contribution in [0.25, 0.3) is 0 Å². The van der Waals surface area contributed by atoms with Gasteiger partial charge in [-0.05, 0) is 6.92 Å². The maximum atomic E-state index is 8.11. The summed E-state index contributed by atoms with van der Waals surface area (Å²) in [7, 11) is 0. The normalized spacial score (nSPS) is 12.5. The van der Waals surface area contributed by atoms with E-state index in [0.29, 0.717) is 0 Å². The van der Waals surface area contributed by atoms with Gasteiger partial charge in [0.25, 0.3) is 0 Å². The van der Waals surface area contributed by atoms with E-state index in [0.717, 1.165) is 0 Å². The zero-order valence-corrected chi connectivity index (χ0v) is 4.48. The second-order valence-electron chi connectivity index (χ2n) is 1.03. The van der Waals surface area contributed by atoms with Crippen molar-refractivity contribution in [3.05, 3.63) is 0 Å². The quantitative estimate of drug-likeness (QED) is 0.469. The van der Waals surface area contributed by atoms with E-state index in [1.807, 2.05) is 0 Å². The molecule has 2 N–H and O–H groups in total. The van der Waals surface area contributed by atoms with Gasteiger partial charge in [-0.1, -0.05) is 0 Å². The maximum Gasteiger partial charge on any atom is 0.0742 e. The summed E-state index contributed by atoms with van der Waals surface area (Å²) in [6.45, 7) is 1.39. The maximum absolute atomic E-state index is 8.11. The number of rotatable bonds is 1. The summed E-state index contributed by atoms with van der Waals surface area (Å²) in [5.74, 6) is 0. The van der Waals surface area contributed by atoms with Crippen LogP contribution in [0.3, 0.4) is 0 Å². The van der Waals surface area contributed by atoms with Gasteiger partial charge in [-0.15, -0.1) is 0 Å². The van der Waals surface area contributed by atoms with E-state index in [-0.39, 0.29) is 23.1 Å². The van der Waals surface area contributed by atoms with Gasteiger partial charge in [0, 0.05) is 16.5 Å². The number of aliphatic hydroxyl groups is 2. The Morgan fingerprint density at radius 3 is 1.83 bits per heavy atom. The molecule has 0 heterocycles. The molecule has 0 aliphatic heterocycles. The van der Waals surface area contributed by atoms with E-state index < -0.39 is 6.10 Å². The van der Waals surface area contributed by atoms with Crippen molar-refractivity contribution in [1.82, 2.24) is 0 Å². The second-order valence-corrected chi connectivity index (χ2v) is 1.03. The van der Waals surface area contributed by atoms with E-state index in [2.05, 4.69) is 0 Å². The molecule has 1 atom stereocenters. The molecule has 0 aromatic carbocycles. The summed E-state index contributed by atoms with van der Waals surface area (Å²) in [6.07, 6.45) is -0.560. The van der Waals surface area contributed by atoms with Crippen LogP contribution in [-0.4, -0.2) is 22.9 Å². The first-order valence-electron chi connectivity index (χ1n) is 1.56. The average Bonchev–Trinajstić information content (AvgIpc) is 1.38. The van der Waals surface area contributed by atoms with Gasteiger partial charge in [-0.3, -0.25) is 0 Å². The zero-order valence-electron chi connectivity index (χ0n) is 3.50. The third kappa shape index (κ3) is 8.83. The van der Waals surface area contributed by atoms with Crippen LogP contribution in [0.4, 0.5) is 0 Å². The fourth-order valence-electron chi connectivity index (χ4n) is 0. The van der Waals surface area contributed by atoms with Crippen LogP contribution >= 0.6 is 0 Å². The molecule has 6 heavy (non-hydrogen) atoms. The van der Waals surface area contributed by atoms with Gasteiger partial charge in [0.1, 0.15) is 0 Å². The number of hydrogen-bond donors (Lipinski definition) is 2. The van der Waals surface area contributed by atoms with E-state index in [1.54, 1.807) is 0 Å². The molecule has 0 aromatic heterocycles. The van der Waals surface area contributed by atoms with Crippen LogP contribution in [0.1, 0.15) is 6.92 Å². The average molecular weight is 135 g/mol. The smallest absolute Gasteiger partial charge is 0.0742 e. The summed E-state index contributed by atoms with van der Waals surface area (Å²) in [4.78, 5) is 0. The molecule has 0 aliphatic carbocycles. The third-order valence-corrected chi connectivity index (χ3v) is 0.264. The zero-order chi connectivity index (χ0) is 4.28. The fraction of sp³-hybridized carbons (Fsp3) is 1.00. The summed E-state index contributed by atoms with van der Waals surface area (Å²) < 4.78 is 0. The van der Waals surface area contributed by atoms with Crippen molar-refractivity contribution in [1.29, 1.82) is 0 Å². The first-order valence-corrected chi connectivity index (χ1v) is 1.56. The van der Waals surface area contributed by atoms with Crippen LogP contribution in [0.5, 0.6) is 0 Å². The molecule has 0 amide bonds. The predicted octanol–water partition coefficient (Wildman–Crippen LogP) is -0.643. The summed E-state index contributed by atoms with van der Waals surface area (Å²) in [5, 5.41) is 16.0.